The molecule has 2 saturated carbocycles. The van der Waals surface area contributed by atoms with Gasteiger partial charge in [-0.1, -0.05) is 19.3 Å². The number of hydrogen-bond acceptors (Lipinski definition) is 3. The normalized spacial score (nSPS) is 18.8. The van der Waals surface area contributed by atoms with Crippen molar-refractivity contribution in [2.45, 2.75) is 57.4 Å². The van der Waals surface area contributed by atoms with Crippen LogP contribution in [-0.2, 0) is 13.5 Å². The number of hydrogen-bond donors (Lipinski definition) is 1. The van der Waals surface area contributed by atoms with Crippen molar-refractivity contribution in [3.8, 4) is 11.1 Å². The molecule has 2 fully saturated rings. The summed E-state index contributed by atoms with van der Waals surface area (Å²) in [6.45, 7) is 0. The number of aromatic nitrogens is 3. The molecular formula is C19H25FN4. The molecule has 5 heteroatoms. The van der Waals surface area contributed by atoms with Gasteiger partial charge in [-0.15, -0.1) is 0 Å². The number of halogens is 1. The van der Waals surface area contributed by atoms with Crippen LogP contribution in [0.4, 0.5) is 10.2 Å². The van der Waals surface area contributed by atoms with Crippen molar-refractivity contribution in [1.82, 2.24) is 14.8 Å². The fourth-order valence-electron chi connectivity index (χ4n) is 3.71. The largest absolute Gasteiger partial charge is 0.367 e. The lowest BCUT2D eigenvalue weighted by atomic mass is 9.95. The number of anilines is 1. The molecule has 0 atom stereocenters. The third kappa shape index (κ3) is 3.30. The Bertz CT molecular complexity index is 714. The van der Waals surface area contributed by atoms with E-state index in [0.717, 1.165) is 29.4 Å². The summed E-state index contributed by atoms with van der Waals surface area (Å²) in [5.41, 5.74) is 2.66. The van der Waals surface area contributed by atoms with Crippen LogP contribution < -0.4 is 5.32 Å². The van der Waals surface area contributed by atoms with Crippen LogP contribution in [0.3, 0.4) is 0 Å². The monoisotopic (exact) mass is 328 g/mol. The number of rotatable bonds is 5. The van der Waals surface area contributed by atoms with E-state index in [1.165, 1.54) is 51.1 Å². The quantitative estimate of drug-likeness (QED) is 0.889. The van der Waals surface area contributed by atoms with Crippen molar-refractivity contribution in [3.05, 3.63) is 30.0 Å². The fraction of sp³-hybridized carbons (Fsp3) is 0.579. The average molecular weight is 328 g/mol. The summed E-state index contributed by atoms with van der Waals surface area (Å²) in [5, 5.41) is 7.86. The molecule has 0 aliphatic heterocycles. The van der Waals surface area contributed by atoms with Gasteiger partial charge in [0.25, 0.3) is 0 Å². The zero-order valence-corrected chi connectivity index (χ0v) is 14.3. The van der Waals surface area contributed by atoms with Crippen molar-refractivity contribution in [2.24, 2.45) is 13.0 Å². The van der Waals surface area contributed by atoms with Gasteiger partial charge in [-0.05, 0) is 44.1 Å². The molecule has 0 saturated heterocycles. The first-order valence-corrected chi connectivity index (χ1v) is 9.14. The van der Waals surface area contributed by atoms with Gasteiger partial charge in [-0.3, -0.25) is 4.68 Å². The minimum Gasteiger partial charge on any atom is -0.367 e. The first-order valence-electron chi connectivity index (χ1n) is 9.14. The summed E-state index contributed by atoms with van der Waals surface area (Å²) in [5.74, 6) is 1.25. The Hall–Kier alpha value is -1.91. The molecule has 4 rings (SSSR count). The Kier molecular flexibility index (Phi) is 4.25. The Labute approximate surface area is 142 Å². The third-order valence-corrected chi connectivity index (χ3v) is 5.34. The summed E-state index contributed by atoms with van der Waals surface area (Å²) in [7, 11) is 1.95. The van der Waals surface area contributed by atoms with Gasteiger partial charge >= 0.3 is 0 Å². The van der Waals surface area contributed by atoms with Crippen molar-refractivity contribution in [1.29, 1.82) is 0 Å². The minimum atomic E-state index is -0.269. The van der Waals surface area contributed by atoms with Crippen molar-refractivity contribution >= 4 is 5.82 Å². The lowest BCUT2D eigenvalue weighted by Crippen LogP contribution is -2.22. The van der Waals surface area contributed by atoms with Gasteiger partial charge in [0.05, 0.1) is 12.4 Å². The first-order chi connectivity index (χ1) is 11.7. The highest BCUT2D eigenvalue weighted by Crippen LogP contribution is 2.36. The predicted octanol–water partition coefficient (Wildman–Crippen LogP) is 4.32. The summed E-state index contributed by atoms with van der Waals surface area (Å²) >= 11 is 0. The second-order valence-corrected chi connectivity index (χ2v) is 7.30. The molecule has 0 bridgehead atoms. The fourth-order valence-corrected chi connectivity index (χ4v) is 3.71. The van der Waals surface area contributed by atoms with Crippen LogP contribution in [0.2, 0.25) is 0 Å². The maximum Gasteiger partial charge on any atom is 0.149 e. The van der Waals surface area contributed by atoms with E-state index in [-0.39, 0.29) is 5.82 Å². The van der Waals surface area contributed by atoms with Crippen molar-refractivity contribution in [3.63, 3.8) is 0 Å². The molecular weight excluding hydrogens is 303 g/mol. The standard InChI is InChI=1S/C19H25FN4/c1-24-18(9-13-7-8-13)16(11-22-24)15-10-19(21-12-17(15)20)23-14-5-3-2-4-6-14/h10-14H,2-9H2,1H3,(H,21,23). The first kappa shape index (κ1) is 15.6. The van der Waals surface area contributed by atoms with E-state index in [2.05, 4.69) is 15.4 Å². The maximum atomic E-state index is 14.4. The number of nitrogens with zero attached hydrogens (tertiary/aromatic N) is 3. The van der Waals surface area contributed by atoms with Crippen LogP contribution in [0, 0.1) is 11.7 Å². The molecule has 2 aromatic heterocycles. The number of aryl methyl sites for hydroxylation is 1. The Morgan fingerprint density at radius 3 is 2.67 bits per heavy atom. The zero-order chi connectivity index (χ0) is 16.5. The smallest absolute Gasteiger partial charge is 0.149 e. The molecule has 0 spiro atoms. The molecule has 0 radical (unpaired) electrons. The van der Waals surface area contributed by atoms with Crippen LogP contribution in [-0.4, -0.2) is 20.8 Å². The van der Waals surface area contributed by atoms with Gasteiger partial charge in [0.1, 0.15) is 11.6 Å². The minimum absolute atomic E-state index is 0.269. The molecule has 4 nitrogen and oxygen atoms in total. The van der Waals surface area contributed by atoms with Gasteiger partial charge < -0.3 is 5.32 Å². The Morgan fingerprint density at radius 2 is 1.92 bits per heavy atom. The highest BCUT2D eigenvalue weighted by Gasteiger charge is 2.26. The van der Waals surface area contributed by atoms with Gasteiger partial charge in [0.2, 0.25) is 0 Å². The van der Waals surface area contributed by atoms with E-state index in [1.54, 1.807) is 6.20 Å². The molecule has 24 heavy (non-hydrogen) atoms. The van der Waals surface area contributed by atoms with Gasteiger partial charge in [-0.25, -0.2) is 9.37 Å². The second-order valence-electron chi connectivity index (χ2n) is 7.30. The second kappa shape index (κ2) is 6.54. The number of pyridine rings is 1. The summed E-state index contributed by atoms with van der Waals surface area (Å²) < 4.78 is 16.3. The van der Waals surface area contributed by atoms with E-state index in [9.17, 15) is 4.39 Å². The molecule has 0 aromatic carbocycles. The van der Waals surface area contributed by atoms with Gasteiger partial charge in [-0.2, -0.15) is 5.10 Å². The van der Waals surface area contributed by atoms with E-state index in [0.29, 0.717) is 11.6 Å². The van der Waals surface area contributed by atoms with Gasteiger partial charge in [0, 0.05) is 29.9 Å². The molecule has 0 amide bonds. The maximum absolute atomic E-state index is 14.4. The van der Waals surface area contributed by atoms with E-state index < -0.39 is 0 Å². The average Bonchev–Trinajstić information content (AvgIpc) is 3.34. The van der Waals surface area contributed by atoms with Crippen LogP contribution in [0.15, 0.2) is 18.5 Å². The highest BCUT2D eigenvalue weighted by atomic mass is 19.1. The molecule has 1 N–H and O–H groups in total. The third-order valence-electron chi connectivity index (χ3n) is 5.34. The summed E-state index contributed by atoms with van der Waals surface area (Å²) in [6, 6.07) is 2.32. The van der Waals surface area contributed by atoms with Crippen LogP contribution in [0.25, 0.3) is 11.1 Å². The van der Waals surface area contributed by atoms with Crippen molar-refractivity contribution < 1.29 is 4.39 Å². The van der Waals surface area contributed by atoms with Crippen LogP contribution in [0.5, 0.6) is 0 Å². The number of nitrogens with one attached hydrogen (secondary N) is 1. The SMILES string of the molecule is Cn1ncc(-c2cc(NC3CCCCC3)ncc2F)c1CC1CC1. The van der Waals surface area contributed by atoms with E-state index in [1.807, 2.05) is 17.8 Å². The lowest BCUT2D eigenvalue weighted by Gasteiger charge is -2.23. The summed E-state index contributed by atoms with van der Waals surface area (Å²) in [4.78, 5) is 4.25. The van der Waals surface area contributed by atoms with Crippen molar-refractivity contribution in [2.75, 3.05) is 5.32 Å². The summed E-state index contributed by atoms with van der Waals surface area (Å²) in [6.07, 6.45) is 12.9. The highest BCUT2D eigenvalue weighted by molar-refractivity contribution is 5.69. The zero-order valence-electron chi connectivity index (χ0n) is 14.3. The molecule has 2 aromatic rings. The predicted molar refractivity (Wildman–Crippen MR) is 93.3 cm³/mol. The van der Waals surface area contributed by atoms with Crippen LogP contribution in [0.1, 0.15) is 50.6 Å². The molecule has 128 valence electrons. The topological polar surface area (TPSA) is 42.7 Å². The molecule has 2 aliphatic carbocycles. The Balaban J connectivity index is 1.61. The Morgan fingerprint density at radius 1 is 1.12 bits per heavy atom. The molecule has 2 heterocycles. The van der Waals surface area contributed by atoms with Crippen LogP contribution >= 0.6 is 0 Å². The van der Waals surface area contributed by atoms with E-state index >= 15 is 0 Å². The van der Waals surface area contributed by atoms with E-state index in [4.69, 9.17) is 0 Å². The lowest BCUT2D eigenvalue weighted by molar-refractivity contribution is 0.461. The molecule has 2 aliphatic rings. The molecule has 0 unspecified atom stereocenters. The van der Waals surface area contributed by atoms with Gasteiger partial charge in [0.15, 0.2) is 0 Å².